The minimum Gasteiger partial charge on any atom is -0.406 e. The van der Waals surface area contributed by atoms with Gasteiger partial charge in [-0.2, -0.15) is 0 Å². The number of benzene rings is 2. The zero-order chi connectivity index (χ0) is 17.5. The zero-order valence-corrected chi connectivity index (χ0v) is 11.8. The van der Waals surface area contributed by atoms with Crippen LogP contribution in [-0.2, 0) is 0 Å². The molecule has 0 amide bonds. The third kappa shape index (κ3) is 3.35. The Bertz CT molecular complexity index is 746. The Morgan fingerprint density at radius 1 is 1.00 bits per heavy atom. The van der Waals surface area contributed by atoms with Crippen molar-refractivity contribution < 1.29 is 36.2 Å². The summed E-state index contributed by atoms with van der Waals surface area (Å²) in [4.78, 5) is 0. The molecule has 1 atom stereocenters. The predicted molar refractivity (Wildman–Crippen MR) is 71.8 cm³/mol. The van der Waals surface area contributed by atoms with Gasteiger partial charge < -0.3 is 19.9 Å². The number of rotatable bonds is 3. The Morgan fingerprint density at radius 3 is 2.29 bits per heavy atom. The molecule has 0 spiro atoms. The number of alkyl halides is 5. The van der Waals surface area contributed by atoms with Crippen molar-refractivity contribution in [2.24, 2.45) is 5.73 Å². The van der Waals surface area contributed by atoms with Crippen LogP contribution < -0.4 is 19.9 Å². The Balaban J connectivity index is 1.86. The number of fused-ring (bicyclic) bond motifs is 1. The summed E-state index contributed by atoms with van der Waals surface area (Å²) in [5.74, 6) is -0.779. The highest BCUT2D eigenvalue weighted by Crippen LogP contribution is 2.45. The minimum absolute atomic E-state index is 0.162. The maximum Gasteiger partial charge on any atom is 0.586 e. The summed E-state index contributed by atoms with van der Waals surface area (Å²) in [6.45, 7) is 0. The van der Waals surface area contributed by atoms with Crippen LogP contribution in [0, 0.1) is 0 Å². The molecule has 2 N–H and O–H groups in total. The van der Waals surface area contributed by atoms with Crippen molar-refractivity contribution in [1.29, 1.82) is 0 Å². The highest BCUT2D eigenvalue weighted by atomic mass is 19.4. The average Bonchev–Trinajstić information content (AvgIpc) is 2.79. The van der Waals surface area contributed by atoms with Crippen LogP contribution in [0.2, 0.25) is 0 Å². The SMILES string of the molecule is N[C@H](c1ccc(OC(F)(F)F)cc1)c1cccc2c1OC(F)(F)O2. The molecule has 0 aliphatic carbocycles. The fourth-order valence-electron chi connectivity index (χ4n) is 2.29. The molecule has 128 valence electrons. The second kappa shape index (κ2) is 5.52. The largest absolute Gasteiger partial charge is 0.586 e. The lowest BCUT2D eigenvalue weighted by atomic mass is 9.98. The summed E-state index contributed by atoms with van der Waals surface area (Å²) in [5.41, 5.74) is 6.61. The molecule has 0 bridgehead atoms. The van der Waals surface area contributed by atoms with Gasteiger partial charge in [0.15, 0.2) is 11.5 Å². The van der Waals surface area contributed by atoms with E-state index in [1.807, 2.05) is 0 Å². The summed E-state index contributed by atoms with van der Waals surface area (Å²) in [7, 11) is 0. The molecule has 0 saturated heterocycles. The molecule has 1 heterocycles. The molecule has 0 unspecified atom stereocenters. The van der Waals surface area contributed by atoms with Crippen LogP contribution in [-0.4, -0.2) is 12.7 Å². The van der Waals surface area contributed by atoms with Gasteiger partial charge in [0.05, 0.1) is 6.04 Å². The maximum atomic E-state index is 13.2. The number of hydrogen-bond donors (Lipinski definition) is 1. The normalized spacial score (nSPS) is 16.8. The molecule has 1 aliphatic rings. The topological polar surface area (TPSA) is 53.7 Å². The molecule has 2 aromatic carbocycles. The van der Waals surface area contributed by atoms with E-state index in [9.17, 15) is 22.0 Å². The number of hydrogen-bond acceptors (Lipinski definition) is 4. The van der Waals surface area contributed by atoms with Crippen LogP contribution in [0.1, 0.15) is 17.2 Å². The number of halogens is 5. The molecule has 0 aromatic heterocycles. The second-order valence-corrected chi connectivity index (χ2v) is 4.94. The molecule has 9 heteroatoms. The lowest BCUT2D eigenvalue weighted by molar-refractivity contribution is -0.287. The standard InChI is InChI=1S/C15H10F5NO3/c16-14(17,18)22-9-6-4-8(5-7-9)12(21)10-2-1-3-11-13(10)24-15(19,20)23-11/h1-7,12H,21H2/t12-/m1/s1. The fraction of sp³-hybridized carbons (Fsp3) is 0.200. The summed E-state index contributed by atoms with van der Waals surface area (Å²) in [5, 5.41) is 0. The van der Waals surface area contributed by atoms with Gasteiger partial charge in [-0.1, -0.05) is 24.3 Å². The van der Waals surface area contributed by atoms with Crippen molar-refractivity contribution in [3.05, 3.63) is 53.6 Å². The first kappa shape index (κ1) is 16.3. The monoisotopic (exact) mass is 347 g/mol. The number of ether oxygens (including phenoxy) is 3. The third-order valence-corrected chi connectivity index (χ3v) is 3.27. The van der Waals surface area contributed by atoms with Crippen molar-refractivity contribution >= 4 is 0 Å². The Morgan fingerprint density at radius 2 is 1.67 bits per heavy atom. The molecule has 3 rings (SSSR count). The predicted octanol–water partition coefficient (Wildman–Crippen LogP) is 3.95. The van der Waals surface area contributed by atoms with Crippen molar-refractivity contribution in [2.75, 3.05) is 0 Å². The van der Waals surface area contributed by atoms with Gasteiger partial charge in [-0.05, 0) is 23.8 Å². The summed E-state index contributed by atoms with van der Waals surface area (Å²) >= 11 is 0. The maximum absolute atomic E-state index is 13.2. The molecule has 1 aliphatic heterocycles. The fourth-order valence-corrected chi connectivity index (χ4v) is 2.29. The number of para-hydroxylation sites is 1. The van der Waals surface area contributed by atoms with E-state index in [-0.39, 0.29) is 17.1 Å². The van der Waals surface area contributed by atoms with Crippen LogP contribution in [0.4, 0.5) is 22.0 Å². The number of nitrogens with two attached hydrogens (primary N) is 1. The smallest absolute Gasteiger partial charge is 0.406 e. The molecule has 4 nitrogen and oxygen atoms in total. The van der Waals surface area contributed by atoms with Gasteiger partial charge in [0.1, 0.15) is 5.75 Å². The quantitative estimate of drug-likeness (QED) is 0.854. The van der Waals surface area contributed by atoms with Crippen LogP contribution in [0.25, 0.3) is 0 Å². The zero-order valence-electron chi connectivity index (χ0n) is 11.8. The van der Waals surface area contributed by atoms with E-state index in [4.69, 9.17) is 5.73 Å². The Kier molecular flexibility index (Phi) is 3.75. The van der Waals surface area contributed by atoms with Gasteiger partial charge in [0.25, 0.3) is 0 Å². The van der Waals surface area contributed by atoms with E-state index < -0.39 is 24.4 Å². The van der Waals surface area contributed by atoms with Gasteiger partial charge in [-0.15, -0.1) is 22.0 Å². The summed E-state index contributed by atoms with van der Waals surface area (Å²) in [6, 6.07) is 8.09. The van der Waals surface area contributed by atoms with Crippen molar-refractivity contribution in [3.8, 4) is 17.2 Å². The molecule has 0 fully saturated rings. The van der Waals surface area contributed by atoms with Crippen molar-refractivity contribution in [2.45, 2.75) is 18.7 Å². The van der Waals surface area contributed by atoms with Crippen LogP contribution in [0.15, 0.2) is 42.5 Å². The lowest BCUT2D eigenvalue weighted by Gasteiger charge is -2.16. The van der Waals surface area contributed by atoms with E-state index in [0.29, 0.717) is 5.56 Å². The second-order valence-electron chi connectivity index (χ2n) is 4.94. The average molecular weight is 347 g/mol. The van der Waals surface area contributed by atoms with Crippen LogP contribution in [0.3, 0.4) is 0 Å². The van der Waals surface area contributed by atoms with E-state index in [1.165, 1.54) is 30.3 Å². The van der Waals surface area contributed by atoms with Crippen molar-refractivity contribution in [1.82, 2.24) is 0 Å². The van der Waals surface area contributed by atoms with Gasteiger partial charge >= 0.3 is 12.7 Å². The van der Waals surface area contributed by atoms with E-state index in [0.717, 1.165) is 12.1 Å². The highest BCUT2D eigenvalue weighted by Gasteiger charge is 2.45. The summed E-state index contributed by atoms with van der Waals surface area (Å²) < 4.78 is 75.3. The first-order chi connectivity index (χ1) is 11.1. The van der Waals surface area contributed by atoms with E-state index >= 15 is 0 Å². The molecular weight excluding hydrogens is 337 g/mol. The van der Waals surface area contributed by atoms with E-state index in [2.05, 4.69) is 14.2 Å². The first-order valence-electron chi connectivity index (χ1n) is 6.65. The highest BCUT2D eigenvalue weighted by molar-refractivity contribution is 5.52. The Hall–Kier alpha value is -2.55. The molecule has 2 aromatic rings. The Labute approximate surface area is 132 Å². The van der Waals surface area contributed by atoms with Gasteiger partial charge in [-0.25, -0.2) is 0 Å². The minimum atomic E-state index is -4.80. The molecule has 24 heavy (non-hydrogen) atoms. The molecule has 0 radical (unpaired) electrons. The van der Waals surface area contributed by atoms with Gasteiger partial charge in [-0.3, -0.25) is 0 Å². The van der Waals surface area contributed by atoms with Gasteiger partial charge in [0, 0.05) is 5.56 Å². The van der Waals surface area contributed by atoms with Crippen LogP contribution in [0.5, 0.6) is 17.2 Å². The van der Waals surface area contributed by atoms with E-state index in [1.54, 1.807) is 0 Å². The van der Waals surface area contributed by atoms with Crippen LogP contribution >= 0.6 is 0 Å². The van der Waals surface area contributed by atoms with Gasteiger partial charge in [0.2, 0.25) is 0 Å². The first-order valence-corrected chi connectivity index (χ1v) is 6.65. The molecular formula is C15H10F5NO3. The molecule has 0 saturated carbocycles. The third-order valence-electron chi connectivity index (χ3n) is 3.27. The van der Waals surface area contributed by atoms with Crippen molar-refractivity contribution in [3.63, 3.8) is 0 Å². The lowest BCUT2D eigenvalue weighted by Crippen LogP contribution is -2.26. The summed E-state index contributed by atoms with van der Waals surface area (Å²) in [6.07, 6.45) is -8.59.